The molecule has 2 saturated heterocycles. The largest absolute Gasteiger partial charge is 0.481 e. The first-order valence-electron chi connectivity index (χ1n) is 14.5. The molecule has 0 aliphatic carbocycles. The number of urea groups is 1. The van der Waals surface area contributed by atoms with Gasteiger partial charge >= 0.3 is 12.0 Å². The standard InChI is InChI=1S/C29H44N4O6/c1-4-6-13-31(14-7-5-2)26(34)19-33-18-22(21-9-10-24-25(17-21)39-20-38-24)27(28(35)36)23(33)11-16-32-15-8-12-30(3)29(32)37/h9-10,17,22-23,27H,4-8,11-16,18-20H2,1-3H3,(H,35,36)/t22-,23+,27-/m1/s1. The number of hydrogen-bond acceptors (Lipinski definition) is 6. The quantitative estimate of drug-likeness (QED) is 0.406. The van der Waals surface area contributed by atoms with E-state index >= 15 is 0 Å². The molecule has 1 aromatic carbocycles. The average Bonchev–Trinajstić information content (AvgIpc) is 3.53. The fourth-order valence-corrected chi connectivity index (χ4v) is 6.09. The molecule has 3 aliphatic rings. The summed E-state index contributed by atoms with van der Waals surface area (Å²) in [6, 6.07) is 5.23. The molecule has 2 fully saturated rings. The molecule has 3 atom stereocenters. The highest BCUT2D eigenvalue weighted by Gasteiger charge is 2.47. The van der Waals surface area contributed by atoms with Gasteiger partial charge in [-0.25, -0.2) is 4.79 Å². The number of ether oxygens (including phenoxy) is 2. The summed E-state index contributed by atoms with van der Waals surface area (Å²) in [6.45, 7) is 8.32. The monoisotopic (exact) mass is 544 g/mol. The maximum Gasteiger partial charge on any atom is 0.319 e. The molecule has 216 valence electrons. The topological polar surface area (TPSA) is 103 Å². The van der Waals surface area contributed by atoms with E-state index in [1.54, 1.807) is 11.9 Å². The van der Waals surface area contributed by atoms with E-state index in [4.69, 9.17) is 9.47 Å². The van der Waals surface area contributed by atoms with E-state index in [1.165, 1.54) is 0 Å². The van der Waals surface area contributed by atoms with Gasteiger partial charge in [0.25, 0.3) is 0 Å². The molecule has 0 saturated carbocycles. The average molecular weight is 545 g/mol. The molecule has 1 N–H and O–H groups in total. The Morgan fingerprint density at radius 2 is 1.79 bits per heavy atom. The van der Waals surface area contributed by atoms with E-state index in [0.717, 1.165) is 57.3 Å². The zero-order chi connectivity index (χ0) is 27.9. The normalized spacial score (nSPS) is 22.9. The van der Waals surface area contributed by atoms with Crippen molar-refractivity contribution in [2.24, 2.45) is 5.92 Å². The minimum absolute atomic E-state index is 0.0219. The van der Waals surface area contributed by atoms with Crippen molar-refractivity contribution in [3.8, 4) is 11.5 Å². The van der Waals surface area contributed by atoms with Crippen molar-refractivity contribution < 1.29 is 29.0 Å². The van der Waals surface area contributed by atoms with Crippen LogP contribution >= 0.6 is 0 Å². The molecular weight excluding hydrogens is 500 g/mol. The van der Waals surface area contributed by atoms with E-state index in [9.17, 15) is 19.5 Å². The number of hydrogen-bond donors (Lipinski definition) is 1. The van der Waals surface area contributed by atoms with Gasteiger partial charge in [-0.3, -0.25) is 14.5 Å². The molecular formula is C29H44N4O6. The molecule has 10 nitrogen and oxygen atoms in total. The van der Waals surface area contributed by atoms with Gasteiger partial charge in [0.05, 0.1) is 12.5 Å². The van der Waals surface area contributed by atoms with Crippen LogP contribution in [0.25, 0.3) is 0 Å². The number of carbonyl (C=O) groups excluding carboxylic acids is 2. The van der Waals surface area contributed by atoms with Gasteiger partial charge in [-0.05, 0) is 43.4 Å². The highest BCUT2D eigenvalue weighted by atomic mass is 16.7. The number of likely N-dealkylation sites (tertiary alicyclic amines) is 1. The Morgan fingerprint density at radius 1 is 1.08 bits per heavy atom. The summed E-state index contributed by atoms with van der Waals surface area (Å²) in [7, 11) is 1.80. The maximum atomic E-state index is 13.6. The molecule has 0 bridgehead atoms. The summed E-state index contributed by atoms with van der Waals surface area (Å²) in [5.41, 5.74) is 0.870. The number of carboxylic acid groups (broad SMARTS) is 1. The molecule has 0 spiro atoms. The van der Waals surface area contributed by atoms with E-state index in [0.29, 0.717) is 37.6 Å². The van der Waals surface area contributed by atoms with Crippen molar-refractivity contribution in [3.05, 3.63) is 23.8 Å². The first-order chi connectivity index (χ1) is 18.8. The fourth-order valence-electron chi connectivity index (χ4n) is 6.09. The van der Waals surface area contributed by atoms with E-state index < -0.39 is 11.9 Å². The lowest BCUT2D eigenvalue weighted by Gasteiger charge is -2.35. The number of aliphatic carboxylic acids is 1. The van der Waals surface area contributed by atoms with Crippen LogP contribution in [0.3, 0.4) is 0 Å². The number of fused-ring (bicyclic) bond motifs is 1. The third kappa shape index (κ3) is 6.77. The summed E-state index contributed by atoms with van der Waals surface area (Å²) < 4.78 is 11.0. The van der Waals surface area contributed by atoms with Gasteiger partial charge in [0, 0.05) is 58.3 Å². The van der Waals surface area contributed by atoms with Crippen LogP contribution in [-0.4, -0.2) is 108 Å². The molecule has 0 unspecified atom stereocenters. The second-order valence-corrected chi connectivity index (χ2v) is 11.0. The third-order valence-electron chi connectivity index (χ3n) is 8.33. The van der Waals surface area contributed by atoms with E-state index in [-0.39, 0.29) is 37.2 Å². The molecule has 0 aromatic heterocycles. The van der Waals surface area contributed by atoms with Crippen molar-refractivity contribution in [1.82, 2.24) is 19.6 Å². The Labute approximate surface area is 231 Å². The first-order valence-corrected chi connectivity index (χ1v) is 14.5. The Kier molecular flexibility index (Phi) is 9.94. The van der Waals surface area contributed by atoms with Crippen molar-refractivity contribution in [3.63, 3.8) is 0 Å². The van der Waals surface area contributed by atoms with E-state index in [1.807, 2.05) is 28.0 Å². The Morgan fingerprint density at radius 3 is 2.49 bits per heavy atom. The lowest BCUT2D eigenvalue weighted by molar-refractivity contribution is -0.144. The summed E-state index contributed by atoms with van der Waals surface area (Å²) in [4.78, 5) is 46.6. The molecule has 4 rings (SSSR count). The van der Waals surface area contributed by atoms with Crippen LogP contribution in [0.1, 0.15) is 63.9 Å². The van der Waals surface area contributed by atoms with Gasteiger partial charge in [-0.1, -0.05) is 32.8 Å². The Bertz CT molecular complexity index is 1010. The van der Waals surface area contributed by atoms with Gasteiger partial charge in [0.1, 0.15) is 0 Å². The molecule has 1 aromatic rings. The van der Waals surface area contributed by atoms with Gasteiger partial charge in [0.2, 0.25) is 12.7 Å². The van der Waals surface area contributed by atoms with Crippen molar-refractivity contribution in [2.45, 2.75) is 64.3 Å². The van der Waals surface area contributed by atoms with Crippen molar-refractivity contribution in [1.29, 1.82) is 0 Å². The van der Waals surface area contributed by atoms with Crippen molar-refractivity contribution in [2.75, 3.05) is 59.7 Å². The van der Waals surface area contributed by atoms with Crippen LogP contribution in [0.4, 0.5) is 4.79 Å². The second-order valence-electron chi connectivity index (χ2n) is 11.0. The van der Waals surface area contributed by atoms with Gasteiger partial charge < -0.3 is 29.3 Å². The minimum Gasteiger partial charge on any atom is -0.481 e. The maximum absolute atomic E-state index is 13.6. The van der Waals surface area contributed by atoms with Crippen LogP contribution in [-0.2, 0) is 9.59 Å². The van der Waals surface area contributed by atoms with Crippen LogP contribution in [0.2, 0.25) is 0 Å². The van der Waals surface area contributed by atoms with Crippen LogP contribution in [0.5, 0.6) is 11.5 Å². The number of rotatable bonds is 13. The number of carboxylic acids is 1. The van der Waals surface area contributed by atoms with Crippen LogP contribution in [0, 0.1) is 5.92 Å². The predicted octanol–water partition coefficient (Wildman–Crippen LogP) is 3.46. The van der Waals surface area contributed by atoms with Gasteiger partial charge in [0.15, 0.2) is 11.5 Å². The smallest absolute Gasteiger partial charge is 0.319 e. The number of carbonyl (C=O) groups is 3. The van der Waals surface area contributed by atoms with Crippen LogP contribution in [0.15, 0.2) is 18.2 Å². The molecule has 0 radical (unpaired) electrons. The van der Waals surface area contributed by atoms with E-state index in [2.05, 4.69) is 18.7 Å². The van der Waals surface area contributed by atoms with Crippen LogP contribution < -0.4 is 9.47 Å². The third-order valence-corrected chi connectivity index (χ3v) is 8.33. The SMILES string of the molecule is CCCCN(CCCC)C(=O)CN1C[C@H](c2ccc3c(c2)OCO3)[C@@H](C(=O)O)[C@@H]1CCN1CCCN(C)C1=O. The van der Waals surface area contributed by atoms with Gasteiger partial charge in [-0.15, -0.1) is 0 Å². The summed E-state index contributed by atoms with van der Waals surface area (Å²) >= 11 is 0. The molecule has 3 aliphatic heterocycles. The number of amides is 3. The number of benzene rings is 1. The highest BCUT2D eigenvalue weighted by molar-refractivity contribution is 5.79. The predicted molar refractivity (Wildman–Crippen MR) is 147 cm³/mol. The number of unbranched alkanes of at least 4 members (excludes halogenated alkanes) is 2. The summed E-state index contributed by atoms with van der Waals surface area (Å²) in [5.74, 6) is -0.582. The Hall–Kier alpha value is -3.01. The summed E-state index contributed by atoms with van der Waals surface area (Å²) in [6.07, 6.45) is 5.29. The van der Waals surface area contributed by atoms with Crippen molar-refractivity contribution >= 4 is 17.9 Å². The number of nitrogens with zero attached hydrogens (tertiary/aromatic N) is 4. The molecule has 3 amide bonds. The zero-order valence-electron chi connectivity index (χ0n) is 23.6. The lowest BCUT2D eigenvalue weighted by atomic mass is 9.84. The Balaban J connectivity index is 1.58. The fraction of sp³-hybridized carbons (Fsp3) is 0.690. The highest BCUT2D eigenvalue weighted by Crippen LogP contribution is 2.42. The molecule has 3 heterocycles. The first kappa shape index (κ1) is 29.0. The molecule has 10 heteroatoms. The zero-order valence-corrected chi connectivity index (χ0v) is 23.6. The molecule has 39 heavy (non-hydrogen) atoms. The minimum atomic E-state index is -0.881. The van der Waals surface area contributed by atoms with Gasteiger partial charge in [-0.2, -0.15) is 0 Å². The second kappa shape index (κ2) is 13.4. The summed E-state index contributed by atoms with van der Waals surface area (Å²) in [5, 5.41) is 10.5. The lowest BCUT2D eigenvalue weighted by Crippen LogP contribution is -2.50.